The molecule has 0 radical (unpaired) electrons. The number of halogens is 1. The Bertz CT molecular complexity index is 795. The van der Waals surface area contributed by atoms with Crippen molar-refractivity contribution in [1.82, 2.24) is 10.9 Å². The van der Waals surface area contributed by atoms with Crippen molar-refractivity contribution < 1.29 is 19.1 Å². The van der Waals surface area contributed by atoms with Crippen molar-refractivity contribution in [2.75, 3.05) is 6.61 Å². The average Bonchev–Trinajstić information content (AvgIpc) is 2.71. The lowest BCUT2D eigenvalue weighted by atomic mass is 9.98. The zero-order valence-electron chi connectivity index (χ0n) is 16.2. The molecule has 0 aliphatic heterocycles. The van der Waals surface area contributed by atoms with Crippen molar-refractivity contribution in [3.05, 3.63) is 59.1 Å². The van der Waals surface area contributed by atoms with Crippen LogP contribution in [-0.2, 0) is 9.59 Å². The highest BCUT2D eigenvalue weighted by Crippen LogP contribution is 2.29. The normalized spacial score (nSPS) is 12.6. The monoisotopic (exact) mass is 404 g/mol. The molecule has 2 N–H and O–H groups in total. The summed E-state index contributed by atoms with van der Waals surface area (Å²) in [7, 11) is 0. The topological polar surface area (TPSA) is 76.7 Å². The van der Waals surface area contributed by atoms with Crippen LogP contribution < -0.4 is 20.3 Å². The highest BCUT2D eigenvalue weighted by molar-refractivity contribution is 6.30. The van der Waals surface area contributed by atoms with Gasteiger partial charge < -0.3 is 9.47 Å². The zero-order chi connectivity index (χ0) is 20.5. The Kier molecular flexibility index (Phi) is 8.14. The maximum Gasteiger partial charge on any atom is 0.279 e. The molecule has 2 atom stereocenters. The molecule has 2 aromatic rings. The van der Waals surface area contributed by atoms with Crippen molar-refractivity contribution in [2.45, 2.75) is 39.2 Å². The molecule has 2 amide bonds. The van der Waals surface area contributed by atoms with Crippen LogP contribution in [0.25, 0.3) is 0 Å². The molecule has 2 unspecified atom stereocenters. The molecule has 0 heterocycles. The Morgan fingerprint density at radius 3 is 2.39 bits per heavy atom. The summed E-state index contributed by atoms with van der Waals surface area (Å²) in [6.45, 7) is 5.58. The van der Waals surface area contributed by atoms with Crippen molar-refractivity contribution in [3.8, 4) is 11.5 Å². The number of hydrazine groups is 1. The summed E-state index contributed by atoms with van der Waals surface area (Å²) in [6.07, 6.45) is 0.188. The van der Waals surface area contributed by atoms with Gasteiger partial charge in [-0.05, 0) is 55.2 Å². The Labute approximate surface area is 170 Å². The van der Waals surface area contributed by atoms with Gasteiger partial charge in [0.1, 0.15) is 11.5 Å². The van der Waals surface area contributed by atoms with E-state index in [1.165, 1.54) is 0 Å². The summed E-state index contributed by atoms with van der Waals surface area (Å²) in [5.74, 6) is 0.534. The van der Waals surface area contributed by atoms with Gasteiger partial charge in [0.05, 0.1) is 0 Å². The molecule has 7 heteroatoms. The molecule has 28 heavy (non-hydrogen) atoms. The highest BCUT2D eigenvalue weighted by Gasteiger charge is 2.18. The lowest BCUT2D eigenvalue weighted by molar-refractivity contribution is -0.133. The van der Waals surface area contributed by atoms with E-state index < -0.39 is 17.9 Å². The third-order valence-electron chi connectivity index (χ3n) is 4.24. The van der Waals surface area contributed by atoms with Crippen LogP contribution in [-0.4, -0.2) is 24.5 Å². The first-order valence-corrected chi connectivity index (χ1v) is 9.51. The Balaban J connectivity index is 1.81. The molecule has 0 aliphatic rings. The van der Waals surface area contributed by atoms with E-state index in [-0.39, 0.29) is 6.61 Å². The molecule has 0 aromatic heterocycles. The number of rotatable bonds is 8. The standard InChI is InChI=1S/C21H25ClN2O4/c1-4-14(2)18-7-5-6-8-19(18)28-15(3)21(26)24-23-20(25)13-27-17-11-9-16(22)10-12-17/h5-12,14-15H,4,13H2,1-3H3,(H,23,25)(H,24,26). The Morgan fingerprint density at radius 1 is 1.04 bits per heavy atom. The summed E-state index contributed by atoms with van der Waals surface area (Å²) in [5.41, 5.74) is 5.70. The predicted octanol–water partition coefficient (Wildman–Crippen LogP) is 3.85. The van der Waals surface area contributed by atoms with Crippen molar-refractivity contribution in [1.29, 1.82) is 0 Å². The maximum atomic E-state index is 12.2. The first-order chi connectivity index (χ1) is 13.4. The van der Waals surface area contributed by atoms with Crippen LogP contribution >= 0.6 is 11.6 Å². The number of carbonyl (C=O) groups is 2. The lowest BCUT2D eigenvalue weighted by Crippen LogP contribution is -2.48. The van der Waals surface area contributed by atoms with E-state index in [1.54, 1.807) is 31.2 Å². The maximum absolute atomic E-state index is 12.2. The first-order valence-electron chi connectivity index (χ1n) is 9.13. The van der Waals surface area contributed by atoms with E-state index in [4.69, 9.17) is 21.1 Å². The number of benzene rings is 2. The lowest BCUT2D eigenvalue weighted by Gasteiger charge is -2.19. The van der Waals surface area contributed by atoms with Crippen LogP contribution in [0.1, 0.15) is 38.7 Å². The molecule has 0 saturated carbocycles. The minimum absolute atomic E-state index is 0.242. The summed E-state index contributed by atoms with van der Waals surface area (Å²) in [6, 6.07) is 14.3. The van der Waals surface area contributed by atoms with Gasteiger partial charge in [-0.15, -0.1) is 0 Å². The first kappa shape index (κ1) is 21.6. The minimum atomic E-state index is -0.775. The minimum Gasteiger partial charge on any atom is -0.484 e. The molecule has 150 valence electrons. The van der Waals surface area contributed by atoms with E-state index in [1.807, 2.05) is 24.3 Å². The summed E-state index contributed by atoms with van der Waals surface area (Å²) in [5, 5.41) is 0.577. The van der Waals surface area contributed by atoms with Gasteiger partial charge in [0.25, 0.3) is 11.8 Å². The van der Waals surface area contributed by atoms with Crippen molar-refractivity contribution in [3.63, 3.8) is 0 Å². The second kappa shape index (κ2) is 10.6. The summed E-state index contributed by atoms with van der Waals surface area (Å²) in [4.78, 5) is 24.0. The molecule has 2 rings (SSSR count). The fraction of sp³-hybridized carbons (Fsp3) is 0.333. The van der Waals surface area contributed by atoms with Gasteiger partial charge in [0.2, 0.25) is 0 Å². The van der Waals surface area contributed by atoms with E-state index in [0.717, 1.165) is 12.0 Å². The van der Waals surface area contributed by atoms with Gasteiger partial charge in [-0.25, -0.2) is 0 Å². The number of carbonyl (C=O) groups excluding carboxylic acids is 2. The Hall–Kier alpha value is -2.73. The second-order valence-electron chi connectivity index (χ2n) is 6.39. The van der Waals surface area contributed by atoms with Crippen LogP contribution in [0.5, 0.6) is 11.5 Å². The summed E-state index contributed by atoms with van der Waals surface area (Å²) < 4.78 is 11.1. The molecule has 2 aromatic carbocycles. The quantitative estimate of drug-likeness (QED) is 0.655. The molecule has 0 bridgehead atoms. The third kappa shape index (κ3) is 6.46. The number of ether oxygens (including phenoxy) is 2. The number of hydrogen-bond acceptors (Lipinski definition) is 4. The molecule has 0 saturated heterocycles. The molecular formula is C21H25ClN2O4. The van der Waals surface area contributed by atoms with Gasteiger partial charge in [-0.3, -0.25) is 20.4 Å². The smallest absolute Gasteiger partial charge is 0.279 e. The molecular weight excluding hydrogens is 380 g/mol. The van der Waals surface area contributed by atoms with Gasteiger partial charge in [-0.2, -0.15) is 0 Å². The van der Waals surface area contributed by atoms with Crippen LogP contribution in [0, 0.1) is 0 Å². The zero-order valence-corrected chi connectivity index (χ0v) is 17.0. The molecule has 6 nitrogen and oxygen atoms in total. The van der Waals surface area contributed by atoms with E-state index >= 15 is 0 Å². The predicted molar refractivity (Wildman–Crippen MR) is 108 cm³/mol. The Morgan fingerprint density at radius 2 is 1.71 bits per heavy atom. The van der Waals surface area contributed by atoms with Gasteiger partial charge >= 0.3 is 0 Å². The third-order valence-corrected chi connectivity index (χ3v) is 4.50. The summed E-state index contributed by atoms with van der Waals surface area (Å²) >= 11 is 5.79. The fourth-order valence-electron chi connectivity index (χ4n) is 2.41. The van der Waals surface area contributed by atoms with Crippen molar-refractivity contribution in [2.24, 2.45) is 0 Å². The number of amides is 2. The fourth-order valence-corrected chi connectivity index (χ4v) is 2.53. The highest BCUT2D eigenvalue weighted by atomic mass is 35.5. The molecule has 0 fully saturated rings. The number of para-hydroxylation sites is 1. The van der Waals surface area contributed by atoms with Gasteiger partial charge in [-0.1, -0.05) is 43.6 Å². The number of nitrogens with one attached hydrogen (secondary N) is 2. The van der Waals surface area contributed by atoms with Gasteiger partial charge in [0, 0.05) is 5.02 Å². The van der Waals surface area contributed by atoms with E-state index in [0.29, 0.717) is 22.4 Å². The number of hydrogen-bond donors (Lipinski definition) is 2. The van der Waals surface area contributed by atoms with Crippen molar-refractivity contribution >= 4 is 23.4 Å². The van der Waals surface area contributed by atoms with Crippen LogP contribution in [0.3, 0.4) is 0 Å². The molecule has 0 aliphatic carbocycles. The van der Waals surface area contributed by atoms with Crippen LogP contribution in [0.2, 0.25) is 5.02 Å². The SMILES string of the molecule is CCC(C)c1ccccc1OC(C)C(=O)NNC(=O)COc1ccc(Cl)cc1. The largest absolute Gasteiger partial charge is 0.484 e. The molecule has 0 spiro atoms. The van der Waals surface area contributed by atoms with Gasteiger partial charge in [0.15, 0.2) is 12.7 Å². The average molecular weight is 405 g/mol. The van der Waals surface area contributed by atoms with E-state index in [9.17, 15) is 9.59 Å². The van der Waals surface area contributed by atoms with Crippen LogP contribution in [0.4, 0.5) is 0 Å². The van der Waals surface area contributed by atoms with Crippen LogP contribution in [0.15, 0.2) is 48.5 Å². The second-order valence-corrected chi connectivity index (χ2v) is 6.82. The van der Waals surface area contributed by atoms with E-state index in [2.05, 4.69) is 24.7 Å².